The van der Waals surface area contributed by atoms with Gasteiger partial charge in [-0.3, -0.25) is 9.59 Å². The second kappa shape index (κ2) is 6.98. The monoisotopic (exact) mass is 360 g/mol. The molecular weight excluding hydrogens is 332 g/mol. The van der Waals surface area contributed by atoms with Crippen LogP contribution in [-0.2, 0) is 22.9 Å². The van der Waals surface area contributed by atoms with E-state index in [1.54, 1.807) is 6.55 Å². The first-order chi connectivity index (χ1) is 9.86. The van der Waals surface area contributed by atoms with Crippen LogP contribution in [0, 0.1) is 5.92 Å². The third kappa shape index (κ3) is 4.77. The highest BCUT2D eigenvalue weighted by molar-refractivity contribution is 6.90. The standard InChI is InChI=1S/C14H28O5Si3/c1-10(8-12-9-13(15)18-14(12)16)21(4,5)19-22(6,7)11(2)20(3)17/h10-12H,8-9H2,1-7H3. The molecule has 0 amide bonds. The third-order valence-corrected chi connectivity index (χ3v) is 18.4. The highest BCUT2D eigenvalue weighted by Gasteiger charge is 2.44. The lowest BCUT2D eigenvalue weighted by Gasteiger charge is -2.40. The predicted octanol–water partition coefficient (Wildman–Crippen LogP) is 3.26. The van der Waals surface area contributed by atoms with Crippen molar-refractivity contribution in [2.45, 2.75) is 70.1 Å². The van der Waals surface area contributed by atoms with Crippen LogP contribution in [-0.4, -0.2) is 37.3 Å². The summed E-state index contributed by atoms with van der Waals surface area (Å²) in [5, 5.41) is 0.134. The van der Waals surface area contributed by atoms with Crippen LogP contribution in [0.1, 0.15) is 26.7 Å². The van der Waals surface area contributed by atoms with E-state index in [0.717, 1.165) is 0 Å². The van der Waals surface area contributed by atoms with Crippen LogP contribution in [0.3, 0.4) is 0 Å². The largest absolute Gasteiger partial charge is 0.455 e. The second-order valence-corrected chi connectivity index (χ2v) is 19.2. The number of ether oxygens (including phenoxy) is 1. The van der Waals surface area contributed by atoms with Gasteiger partial charge in [-0.05, 0) is 44.7 Å². The SMILES string of the molecule is CC(CC1CC(=O)OC1=O)[Si](C)(C)O[Si](C)(C)C(C)[Si](C)=O. The minimum absolute atomic E-state index is 0.134. The quantitative estimate of drug-likeness (QED) is 0.396. The molecule has 0 aliphatic carbocycles. The van der Waals surface area contributed by atoms with E-state index in [1.807, 2.05) is 6.92 Å². The van der Waals surface area contributed by atoms with E-state index in [1.165, 1.54) is 0 Å². The number of carbonyl (C=O) groups is 2. The van der Waals surface area contributed by atoms with Gasteiger partial charge in [-0.15, -0.1) is 0 Å². The Bertz CT molecular complexity index is 475. The molecule has 0 saturated carbocycles. The van der Waals surface area contributed by atoms with E-state index in [9.17, 15) is 14.1 Å². The van der Waals surface area contributed by atoms with E-state index < -0.39 is 37.3 Å². The molecule has 1 aliphatic heterocycles. The lowest BCUT2D eigenvalue weighted by atomic mass is 10.0. The molecule has 0 N–H and O–H groups in total. The first-order valence-electron chi connectivity index (χ1n) is 7.82. The summed E-state index contributed by atoms with van der Waals surface area (Å²) in [7, 11) is -5.71. The summed E-state index contributed by atoms with van der Waals surface area (Å²) in [6, 6.07) is 0. The maximum atomic E-state index is 11.9. The minimum Gasteiger partial charge on any atom is -0.455 e. The van der Waals surface area contributed by atoms with Gasteiger partial charge in [0.1, 0.15) is 0 Å². The molecule has 0 aromatic rings. The maximum absolute atomic E-state index is 11.9. The predicted molar refractivity (Wildman–Crippen MR) is 91.0 cm³/mol. The smallest absolute Gasteiger partial charge is 0.317 e. The van der Waals surface area contributed by atoms with E-state index in [4.69, 9.17) is 4.12 Å². The molecule has 22 heavy (non-hydrogen) atoms. The average molecular weight is 361 g/mol. The fraction of sp³-hybridized carbons (Fsp3) is 0.857. The van der Waals surface area contributed by atoms with Gasteiger partial charge in [0.15, 0.2) is 16.6 Å². The highest BCUT2D eigenvalue weighted by Crippen LogP contribution is 2.37. The van der Waals surface area contributed by atoms with E-state index in [0.29, 0.717) is 6.42 Å². The summed E-state index contributed by atoms with van der Waals surface area (Å²) in [6.45, 7) is 14.5. The van der Waals surface area contributed by atoms with Crippen molar-refractivity contribution in [3.8, 4) is 0 Å². The Balaban J connectivity index is 2.74. The minimum atomic E-state index is -2.05. The molecule has 0 bridgehead atoms. The number of hydrogen-bond donors (Lipinski definition) is 0. The number of esters is 2. The van der Waals surface area contributed by atoms with E-state index in [-0.39, 0.29) is 23.0 Å². The van der Waals surface area contributed by atoms with Gasteiger partial charge in [0, 0.05) is 5.16 Å². The van der Waals surface area contributed by atoms with Crippen molar-refractivity contribution in [2.24, 2.45) is 5.92 Å². The Hall–Kier alpha value is -0.449. The normalized spacial score (nSPS) is 22.4. The van der Waals surface area contributed by atoms with Crippen LogP contribution >= 0.6 is 0 Å². The second-order valence-electron chi connectivity index (χ2n) is 7.47. The molecular formula is C14H28O5Si3. The van der Waals surface area contributed by atoms with Crippen molar-refractivity contribution in [2.75, 3.05) is 0 Å². The van der Waals surface area contributed by atoms with E-state index in [2.05, 4.69) is 37.8 Å². The Labute approximate surface area is 136 Å². The fourth-order valence-electron chi connectivity index (χ4n) is 2.77. The number of carbonyl (C=O) groups excluding carboxylic acids is 2. The van der Waals surface area contributed by atoms with Gasteiger partial charge < -0.3 is 13.3 Å². The van der Waals surface area contributed by atoms with Gasteiger partial charge in [0.05, 0.1) is 12.3 Å². The molecule has 1 heterocycles. The first kappa shape index (κ1) is 19.6. The van der Waals surface area contributed by atoms with Gasteiger partial charge in [0.2, 0.25) is 0 Å². The average Bonchev–Trinajstić information content (AvgIpc) is 2.65. The molecule has 8 heteroatoms. The molecule has 126 valence electrons. The third-order valence-electron chi connectivity index (χ3n) is 4.96. The molecule has 1 saturated heterocycles. The first-order valence-corrected chi connectivity index (χ1v) is 15.8. The van der Waals surface area contributed by atoms with Crippen LogP contribution in [0.25, 0.3) is 0 Å². The van der Waals surface area contributed by atoms with Crippen molar-refractivity contribution in [3.63, 3.8) is 0 Å². The summed E-state index contributed by atoms with van der Waals surface area (Å²) in [5.41, 5.74) is 0.231. The Kier molecular flexibility index (Phi) is 6.22. The number of cyclic esters (lactones) is 2. The zero-order valence-electron chi connectivity index (χ0n) is 14.7. The van der Waals surface area contributed by atoms with Crippen LogP contribution in [0.5, 0.6) is 0 Å². The van der Waals surface area contributed by atoms with Gasteiger partial charge in [0.25, 0.3) is 8.68 Å². The topological polar surface area (TPSA) is 69.7 Å². The lowest BCUT2D eigenvalue weighted by Crippen LogP contribution is -2.50. The molecule has 3 unspecified atom stereocenters. The van der Waals surface area contributed by atoms with Gasteiger partial charge >= 0.3 is 11.9 Å². The van der Waals surface area contributed by atoms with Gasteiger partial charge in [-0.1, -0.05) is 13.8 Å². The summed E-state index contributed by atoms with van der Waals surface area (Å²) in [5.74, 6) is -1.15. The van der Waals surface area contributed by atoms with Crippen molar-refractivity contribution in [1.82, 2.24) is 0 Å². The van der Waals surface area contributed by atoms with Gasteiger partial charge in [-0.2, -0.15) is 0 Å². The van der Waals surface area contributed by atoms with Crippen molar-refractivity contribution < 1.29 is 22.9 Å². The molecule has 0 aromatic carbocycles. The Morgan fingerprint density at radius 1 is 1.23 bits per heavy atom. The Morgan fingerprint density at radius 3 is 2.18 bits per heavy atom. The van der Waals surface area contributed by atoms with Crippen LogP contribution in [0.4, 0.5) is 0 Å². The van der Waals surface area contributed by atoms with Crippen LogP contribution in [0.2, 0.25) is 43.4 Å². The van der Waals surface area contributed by atoms with E-state index >= 15 is 0 Å². The molecule has 0 spiro atoms. The van der Waals surface area contributed by atoms with Gasteiger partial charge in [-0.25, -0.2) is 0 Å². The summed E-state index contributed by atoms with van der Waals surface area (Å²) in [4.78, 5) is 22.8. The van der Waals surface area contributed by atoms with Crippen molar-refractivity contribution >= 4 is 37.3 Å². The Morgan fingerprint density at radius 2 is 1.77 bits per heavy atom. The molecule has 1 fully saturated rings. The van der Waals surface area contributed by atoms with Crippen LogP contribution < -0.4 is 0 Å². The highest BCUT2D eigenvalue weighted by atomic mass is 28.4. The van der Waals surface area contributed by atoms with Crippen LogP contribution in [0.15, 0.2) is 0 Å². The molecule has 1 aliphatic rings. The zero-order chi connectivity index (χ0) is 17.3. The molecule has 0 radical (unpaired) electrons. The lowest BCUT2D eigenvalue weighted by molar-refractivity contribution is -0.153. The molecule has 0 aromatic heterocycles. The van der Waals surface area contributed by atoms with Crippen molar-refractivity contribution in [3.05, 3.63) is 0 Å². The molecule has 5 nitrogen and oxygen atoms in total. The summed E-state index contributed by atoms with van der Waals surface area (Å²) in [6.07, 6.45) is 0.817. The molecule has 3 atom stereocenters. The van der Waals surface area contributed by atoms with Crippen molar-refractivity contribution in [1.29, 1.82) is 0 Å². The zero-order valence-corrected chi connectivity index (χ0v) is 17.7. The molecule has 1 rings (SSSR count). The fourth-order valence-corrected chi connectivity index (χ4v) is 15.0. The summed E-state index contributed by atoms with van der Waals surface area (Å²) >= 11 is 0. The number of rotatable bonds is 7. The maximum Gasteiger partial charge on any atom is 0.317 e. The summed E-state index contributed by atoms with van der Waals surface area (Å²) < 4.78 is 23.0. The number of hydrogen-bond acceptors (Lipinski definition) is 5.